The largest absolute Gasteiger partial charge is 0.444 e. The first kappa shape index (κ1) is 29.6. The van der Waals surface area contributed by atoms with E-state index in [4.69, 9.17) is 21.3 Å². The molecule has 1 aliphatic rings. The van der Waals surface area contributed by atoms with Crippen molar-refractivity contribution in [2.24, 2.45) is 7.05 Å². The van der Waals surface area contributed by atoms with E-state index in [-0.39, 0.29) is 22.4 Å². The highest BCUT2D eigenvalue weighted by atomic mass is 35.5. The fourth-order valence-electron chi connectivity index (χ4n) is 4.33. The molecule has 3 aromatic rings. The molecule has 12 heteroatoms. The van der Waals surface area contributed by atoms with Crippen molar-refractivity contribution >= 4 is 45.6 Å². The lowest BCUT2D eigenvalue weighted by atomic mass is 10.1. The molecule has 0 spiro atoms. The number of amides is 1. The van der Waals surface area contributed by atoms with Crippen LogP contribution in [0.25, 0.3) is 11.2 Å². The Morgan fingerprint density at radius 2 is 1.92 bits per heavy atom. The minimum atomic E-state index is -1.47. The summed E-state index contributed by atoms with van der Waals surface area (Å²) in [7, 11) is 0.0902. The molecule has 4 rings (SSSR count). The van der Waals surface area contributed by atoms with Gasteiger partial charge in [0.1, 0.15) is 5.60 Å². The van der Waals surface area contributed by atoms with Crippen LogP contribution in [0.4, 0.5) is 10.7 Å². The van der Waals surface area contributed by atoms with E-state index in [0.717, 1.165) is 18.4 Å². The third-order valence-corrected chi connectivity index (χ3v) is 7.14. The highest BCUT2D eigenvalue weighted by molar-refractivity contribution is 7.84. The number of alkyl carbamates (subject to hydrolysis) is 1. The number of carbonyl (C=O) groups is 1. The van der Waals surface area contributed by atoms with Crippen molar-refractivity contribution in [3.63, 3.8) is 0 Å². The summed E-state index contributed by atoms with van der Waals surface area (Å²) in [5, 5.41) is 3.68. The number of fused-ring (bicyclic) bond motifs is 1. The lowest BCUT2D eigenvalue weighted by Crippen LogP contribution is -2.49. The van der Waals surface area contributed by atoms with Crippen LogP contribution >= 0.6 is 11.6 Å². The van der Waals surface area contributed by atoms with Gasteiger partial charge < -0.3 is 15.0 Å². The number of benzene rings is 1. The Balaban J connectivity index is 0.00000195. The van der Waals surface area contributed by atoms with Crippen molar-refractivity contribution in [1.29, 1.82) is 0 Å². The summed E-state index contributed by atoms with van der Waals surface area (Å²) in [4.78, 5) is 37.0. The number of piperidine rings is 1. The van der Waals surface area contributed by atoms with E-state index in [1.54, 1.807) is 13.1 Å². The Morgan fingerprint density at radius 3 is 2.55 bits per heavy atom. The van der Waals surface area contributed by atoms with Crippen LogP contribution in [0.1, 0.15) is 53.0 Å². The van der Waals surface area contributed by atoms with Crippen molar-refractivity contribution < 1.29 is 13.7 Å². The molecule has 1 aliphatic heterocycles. The lowest BCUT2D eigenvalue weighted by Gasteiger charge is -2.34. The van der Waals surface area contributed by atoms with Crippen LogP contribution in [-0.2, 0) is 29.1 Å². The summed E-state index contributed by atoms with van der Waals surface area (Å²) < 4.78 is 20.7. The van der Waals surface area contributed by atoms with Gasteiger partial charge in [-0.2, -0.15) is 9.97 Å². The summed E-state index contributed by atoms with van der Waals surface area (Å²) >= 11 is 6.45. The first-order valence-electron chi connectivity index (χ1n) is 12.7. The molecule has 2 aromatic heterocycles. The number of nitrogens with zero attached hydrogens (tertiary/aromatic N) is 5. The number of halogens is 1. The quantitative estimate of drug-likeness (QED) is 0.465. The molecule has 3 heterocycles. The predicted octanol–water partition coefficient (Wildman–Crippen LogP) is 4.09. The van der Waals surface area contributed by atoms with Crippen LogP contribution in [0.3, 0.4) is 0 Å². The molecule has 1 fully saturated rings. The van der Waals surface area contributed by atoms with E-state index in [0.29, 0.717) is 36.1 Å². The van der Waals surface area contributed by atoms with Gasteiger partial charge in [0.05, 0.1) is 17.3 Å². The van der Waals surface area contributed by atoms with E-state index >= 15 is 0 Å². The maximum Gasteiger partial charge on any atom is 0.407 e. The highest BCUT2D eigenvalue weighted by Gasteiger charge is 2.29. The van der Waals surface area contributed by atoms with Gasteiger partial charge in [-0.1, -0.05) is 43.6 Å². The zero-order valence-electron chi connectivity index (χ0n) is 23.1. The molecule has 1 aromatic carbocycles. The number of hydrogen-bond acceptors (Lipinski definition) is 7. The monoisotopic (exact) mass is 564 g/mol. The predicted molar refractivity (Wildman–Crippen MR) is 152 cm³/mol. The standard InChI is InChI=1S/C24H31ClN6O4S.C2H6/c1-24(2,3)35-23(33)26-16-10-8-12-30(14-16)21-27-19-18(20(32)29(4)22(28-19)36(5)34)31(21)13-15-9-6-7-11-17(15)25;1-2/h6-7,9,11,16H,8,10,12-14H2,1-5H3,(H,26,33);1-2H3/t16-,36?;/m1./s1. The number of ether oxygens (including phenoxy) is 1. The Morgan fingerprint density at radius 1 is 1.24 bits per heavy atom. The number of anilines is 1. The van der Waals surface area contributed by atoms with Crippen LogP contribution in [0.15, 0.2) is 34.2 Å². The smallest absolute Gasteiger partial charge is 0.407 e. The van der Waals surface area contributed by atoms with Gasteiger partial charge in [-0.15, -0.1) is 0 Å². The third kappa shape index (κ3) is 6.74. The molecule has 0 saturated carbocycles. The van der Waals surface area contributed by atoms with E-state index in [9.17, 15) is 13.8 Å². The average Bonchev–Trinajstić information content (AvgIpc) is 3.21. The summed E-state index contributed by atoms with van der Waals surface area (Å²) in [5.41, 5.74) is 0.433. The van der Waals surface area contributed by atoms with Gasteiger partial charge in [-0.3, -0.25) is 18.1 Å². The van der Waals surface area contributed by atoms with Crippen molar-refractivity contribution in [3.05, 3.63) is 45.2 Å². The number of hydrogen-bond donors (Lipinski definition) is 1. The average molecular weight is 565 g/mol. The Labute approximate surface area is 230 Å². The Kier molecular flexibility index (Phi) is 9.59. The minimum Gasteiger partial charge on any atom is -0.444 e. The molecule has 208 valence electrons. The molecule has 10 nitrogen and oxygen atoms in total. The molecule has 1 amide bonds. The second kappa shape index (κ2) is 12.3. The molecular weight excluding hydrogens is 528 g/mol. The SMILES string of the molecule is CC.Cn1c(S(C)=O)nc2nc(N3CCC[C@@H](NC(=O)OC(C)(C)C)C3)n(Cc3ccccc3Cl)c2c1=O. The maximum atomic E-state index is 13.4. The summed E-state index contributed by atoms with van der Waals surface area (Å²) in [5.74, 6) is 0.546. The number of aromatic nitrogens is 4. The van der Waals surface area contributed by atoms with Crippen molar-refractivity contribution in [1.82, 2.24) is 24.4 Å². The molecular formula is C26H37ClN6O4S. The maximum absolute atomic E-state index is 13.4. The fraction of sp³-hybridized carbons (Fsp3) is 0.538. The fourth-order valence-corrected chi connectivity index (χ4v) is 5.20. The van der Waals surface area contributed by atoms with Gasteiger partial charge in [-0.05, 0) is 45.2 Å². The van der Waals surface area contributed by atoms with Crippen molar-refractivity contribution in [2.45, 2.75) is 70.8 Å². The number of carbonyl (C=O) groups excluding carboxylic acids is 1. The van der Waals surface area contributed by atoms with E-state index in [1.807, 2.05) is 62.3 Å². The van der Waals surface area contributed by atoms with Gasteiger partial charge >= 0.3 is 6.09 Å². The van der Waals surface area contributed by atoms with Crippen LogP contribution in [-0.4, -0.2) is 60.4 Å². The minimum absolute atomic E-state index is 0.156. The van der Waals surface area contributed by atoms with Gasteiger partial charge in [0.15, 0.2) is 11.2 Å². The van der Waals surface area contributed by atoms with Crippen molar-refractivity contribution in [3.8, 4) is 0 Å². The lowest BCUT2D eigenvalue weighted by molar-refractivity contribution is 0.0499. The van der Waals surface area contributed by atoms with Crippen LogP contribution in [0.5, 0.6) is 0 Å². The van der Waals surface area contributed by atoms with Gasteiger partial charge in [0.25, 0.3) is 5.56 Å². The van der Waals surface area contributed by atoms with Gasteiger partial charge in [0, 0.05) is 37.5 Å². The third-order valence-electron chi connectivity index (χ3n) is 5.89. The van der Waals surface area contributed by atoms with E-state index < -0.39 is 22.5 Å². The number of imidazole rings is 1. The zero-order chi connectivity index (χ0) is 28.2. The number of nitrogens with one attached hydrogen (secondary N) is 1. The molecule has 0 radical (unpaired) electrons. The van der Waals surface area contributed by atoms with E-state index in [2.05, 4.69) is 10.3 Å². The van der Waals surface area contributed by atoms with Crippen LogP contribution in [0, 0.1) is 0 Å². The Hall–Kier alpha value is -2.92. The molecule has 1 unspecified atom stereocenters. The summed E-state index contributed by atoms with van der Waals surface area (Å²) in [6.07, 6.45) is 2.61. The molecule has 1 saturated heterocycles. The second-order valence-electron chi connectivity index (χ2n) is 9.91. The van der Waals surface area contributed by atoms with Crippen molar-refractivity contribution in [2.75, 3.05) is 24.2 Å². The van der Waals surface area contributed by atoms with E-state index in [1.165, 1.54) is 10.8 Å². The first-order chi connectivity index (χ1) is 17.9. The van der Waals surface area contributed by atoms with Gasteiger partial charge in [-0.25, -0.2) is 4.79 Å². The summed E-state index contributed by atoms with van der Waals surface area (Å²) in [6.45, 7) is 10.9. The van der Waals surface area contributed by atoms with Gasteiger partial charge in [0.2, 0.25) is 11.1 Å². The molecule has 2 atom stereocenters. The van der Waals surface area contributed by atoms with Crippen LogP contribution in [0.2, 0.25) is 5.02 Å². The second-order valence-corrected chi connectivity index (χ2v) is 11.6. The highest BCUT2D eigenvalue weighted by Crippen LogP contribution is 2.27. The zero-order valence-corrected chi connectivity index (χ0v) is 24.6. The first-order valence-corrected chi connectivity index (χ1v) is 14.7. The number of rotatable bonds is 5. The molecule has 0 bridgehead atoms. The molecule has 38 heavy (non-hydrogen) atoms. The normalized spacial score (nSPS) is 16.5. The van der Waals surface area contributed by atoms with Crippen LogP contribution < -0.4 is 15.8 Å². The molecule has 1 N–H and O–H groups in total. The Bertz CT molecular complexity index is 1380. The topological polar surface area (TPSA) is 111 Å². The summed E-state index contributed by atoms with van der Waals surface area (Å²) in [6, 6.07) is 7.27. The molecule has 0 aliphatic carbocycles.